The number of halogens is 2. The van der Waals surface area contributed by atoms with Gasteiger partial charge in [0.2, 0.25) is 0 Å². The summed E-state index contributed by atoms with van der Waals surface area (Å²) in [5.74, 6) is -2.00. The summed E-state index contributed by atoms with van der Waals surface area (Å²) in [4.78, 5) is 17.2. The first-order chi connectivity index (χ1) is 17.2. The number of benzene rings is 1. The largest absolute Gasteiger partial charge is 0.468 e. The summed E-state index contributed by atoms with van der Waals surface area (Å²) in [7, 11) is 1.48. The molecule has 0 amide bonds. The van der Waals surface area contributed by atoms with Gasteiger partial charge in [0.05, 0.1) is 29.4 Å². The number of pyridine rings is 1. The summed E-state index contributed by atoms with van der Waals surface area (Å²) >= 11 is 5.86. The molecule has 0 spiro atoms. The number of nitrogens with zero attached hydrogens (tertiary/aromatic N) is 5. The molecule has 9 nitrogen and oxygen atoms in total. The first kappa shape index (κ1) is 24.7. The predicted molar refractivity (Wildman–Crippen MR) is 127 cm³/mol. The Bertz CT molecular complexity index is 1400. The predicted octanol–water partition coefficient (Wildman–Crippen LogP) is 4.81. The number of nitrogens with one attached hydrogen (secondary N) is 1. The van der Waals surface area contributed by atoms with E-state index in [-0.39, 0.29) is 23.7 Å². The molecule has 3 heterocycles. The quantitative estimate of drug-likeness (QED) is 0.286. The van der Waals surface area contributed by atoms with Gasteiger partial charge in [-0.3, -0.25) is 10.1 Å². The van der Waals surface area contributed by atoms with Gasteiger partial charge < -0.3 is 14.6 Å². The van der Waals surface area contributed by atoms with E-state index in [1.54, 1.807) is 25.1 Å². The fraction of sp³-hybridized carbons (Fsp3) is 0.240. The van der Waals surface area contributed by atoms with Gasteiger partial charge in [0.1, 0.15) is 22.6 Å². The van der Waals surface area contributed by atoms with Crippen molar-refractivity contribution in [3.05, 3.63) is 110 Å². The zero-order valence-corrected chi connectivity index (χ0v) is 20.0. The SMILES string of the molecule is Cc1ccc(C2N(C)C(NCc3ccc(Cl)nc3)=C([N+](=O)[O-])C(c3ccco3)C2(C#N)C#N)c(F)c1. The third-order valence-electron chi connectivity index (χ3n) is 6.24. The van der Waals surface area contributed by atoms with E-state index in [1.165, 1.54) is 48.7 Å². The third-order valence-corrected chi connectivity index (χ3v) is 6.46. The van der Waals surface area contributed by atoms with E-state index >= 15 is 4.39 Å². The molecule has 0 aliphatic carbocycles. The van der Waals surface area contributed by atoms with Crippen molar-refractivity contribution < 1.29 is 13.7 Å². The number of hydrogen-bond acceptors (Lipinski definition) is 8. The number of nitro groups is 1. The van der Waals surface area contributed by atoms with E-state index in [1.807, 2.05) is 12.1 Å². The molecule has 1 aliphatic heterocycles. The highest BCUT2D eigenvalue weighted by Gasteiger charge is 2.62. The lowest BCUT2D eigenvalue weighted by atomic mass is 9.64. The summed E-state index contributed by atoms with van der Waals surface area (Å²) in [6, 6.07) is 13.5. The Morgan fingerprint density at radius 3 is 2.61 bits per heavy atom. The molecule has 1 aliphatic rings. The molecule has 2 aromatic heterocycles. The van der Waals surface area contributed by atoms with Gasteiger partial charge in [-0.1, -0.05) is 29.8 Å². The molecule has 0 radical (unpaired) electrons. The smallest absolute Gasteiger partial charge is 0.299 e. The molecule has 2 unspecified atom stereocenters. The van der Waals surface area contributed by atoms with E-state index in [4.69, 9.17) is 16.0 Å². The molecule has 36 heavy (non-hydrogen) atoms. The van der Waals surface area contributed by atoms with Gasteiger partial charge in [-0.15, -0.1) is 0 Å². The van der Waals surface area contributed by atoms with Crippen molar-refractivity contribution in [1.29, 1.82) is 10.5 Å². The van der Waals surface area contributed by atoms with Crippen LogP contribution < -0.4 is 5.32 Å². The third kappa shape index (κ3) is 4.12. The van der Waals surface area contributed by atoms with Crippen molar-refractivity contribution >= 4 is 11.6 Å². The van der Waals surface area contributed by atoms with E-state index in [0.29, 0.717) is 16.3 Å². The molecular formula is C25H20ClFN6O3. The molecule has 0 fully saturated rings. The second-order valence-corrected chi connectivity index (χ2v) is 8.80. The van der Waals surface area contributed by atoms with Crippen LogP contribution in [0.15, 0.2) is 70.9 Å². The maximum absolute atomic E-state index is 15.3. The van der Waals surface area contributed by atoms with E-state index < -0.39 is 33.8 Å². The molecule has 0 saturated carbocycles. The van der Waals surface area contributed by atoms with Gasteiger partial charge in [-0.25, -0.2) is 9.37 Å². The number of hydrogen-bond donors (Lipinski definition) is 1. The number of furan rings is 1. The van der Waals surface area contributed by atoms with Gasteiger partial charge in [-0.05, 0) is 42.3 Å². The Hall–Kier alpha value is -4.41. The molecule has 3 aromatic rings. The van der Waals surface area contributed by atoms with Gasteiger partial charge in [-0.2, -0.15) is 10.5 Å². The zero-order chi connectivity index (χ0) is 26.0. The highest BCUT2D eigenvalue weighted by atomic mass is 35.5. The maximum atomic E-state index is 15.3. The summed E-state index contributed by atoms with van der Waals surface area (Å²) in [5, 5.41) is 36.6. The number of nitriles is 2. The van der Waals surface area contributed by atoms with Crippen LogP contribution in [0.25, 0.3) is 0 Å². The minimum Gasteiger partial charge on any atom is -0.468 e. The second kappa shape index (κ2) is 9.68. The van der Waals surface area contributed by atoms with Crippen LogP contribution in [0, 0.1) is 50.9 Å². The van der Waals surface area contributed by atoms with Crippen molar-refractivity contribution in [3.63, 3.8) is 0 Å². The number of rotatable bonds is 6. The molecule has 0 saturated heterocycles. The van der Waals surface area contributed by atoms with Crippen LogP contribution in [0.5, 0.6) is 0 Å². The summed E-state index contributed by atoms with van der Waals surface area (Å²) in [6.07, 6.45) is 2.82. The lowest BCUT2D eigenvalue weighted by Crippen LogP contribution is -2.51. The maximum Gasteiger partial charge on any atom is 0.299 e. The Kier molecular flexibility index (Phi) is 6.65. The highest BCUT2D eigenvalue weighted by Crippen LogP contribution is 2.56. The molecule has 11 heteroatoms. The van der Waals surface area contributed by atoms with E-state index in [0.717, 1.165) is 0 Å². The molecule has 1 N–H and O–H groups in total. The van der Waals surface area contributed by atoms with E-state index in [2.05, 4.69) is 10.3 Å². The molecule has 4 rings (SSSR count). The fourth-order valence-corrected chi connectivity index (χ4v) is 4.74. The lowest BCUT2D eigenvalue weighted by Gasteiger charge is -2.45. The minimum atomic E-state index is -2.10. The van der Waals surface area contributed by atoms with Crippen LogP contribution >= 0.6 is 11.6 Å². The van der Waals surface area contributed by atoms with E-state index in [9.17, 15) is 20.6 Å². The molecule has 1 aromatic carbocycles. The topological polar surface area (TPSA) is 132 Å². The Morgan fingerprint density at radius 1 is 1.31 bits per heavy atom. The van der Waals surface area contributed by atoms with Gasteiger partial charge in [0, 0.05) is 25.4 Å². The number of aromatic nitrogens is 1. The standard InChI is InChI=1S/C25H20ClFN6O3/c1-15-5-7-17(18(27)10-15)23-25(13-28,14-29)21(19-4-3-9-36-19)22(33(34)35)24(32(23)2)31-12-16-6-8-20(26)30-11-16/h3-11,21,23,31H,12H2,1-2H3. The van der Waals surface area contributed by atoms with Crippen LogP contribution in [0.1, 0.15) is 34.4 Å². The van der Waals surface area contributed by atoms with Crippen molar-refractivity contribution in [3.8, 4) is 12.1 Å². The molecule has 2 atom stereocenters. The van der Waals surface area contributed by atoms with Gasteiger partial charge >= 0.3 is 0 Å². The van der Waals surface area contributed by atoms with Gasteiger partial charge in [0.25, 0.3) is 5.70 Å². The number of aryl methyl sites for hydroxylation is 1. The van der Waals surface area contributed by atoms with Crippen LogP contribution in [0.2, 0.25) is 5.15 Å². The lowest BCUT2D eigenvalue weighted by molar-refractivity contribution is -0.437. The summed E-state index contributed by atoms with van der Waals surface area (Å²) < 4.78 is 20.8. The zero-order valence-electron chi connectivity index (χ0n) is 19.3. The van der Waals surface area contributed by atoms with Crippen molar-refractivity contribution in [1.82, 2.24) is 15.2 Å². The highest BCUT2D eigenvalue weighted by molar-refractivity contribution is 6.29. The van der Waals surface area contributed by atoms with Crippen molar-refractivity contribution in [2.24, 2.45) is 5.41 Å². The summed E-state index contributed by atoms with van der Waals surface area (Å²) in [6.45, 7) is 1.82. The minimum absolute atomic E-state index is 0.0162. The van der Waals surface area contributed by atoms with Crippen LogP contribution in [0.4, 0.5) is 4.39 Å². The molecule has 182 valence electrons. The first-order valence-corrected chi connectivity index (χ1v) is 11.2. The summed E-state index contributed by atoms with van der Waals surface area (Å²) in [5.41, 5.74) is -1.17. The van der Waals surface area contributed by atoms with Crippen LogP contribution in [0.3, 0.4) is 0 Å². The fourth-order valence-electron chi connectivity index (χ4n) is 4.63. The first-order valence-electron chi connectivity index (χ1n) is 10.8. The normalized spacial score (nSPS) is 18.9. The average molecular weight is 507 g/mol. The average Bonchev–Trinajstić information content (AvgIpc) is 3.38. The van der Waals surface area contributed by atoms with Gasteiger partial charge in [0.15, 0.2) is 11.2 Å². The Balaban J connectivity index is 1.97. The van der Waals surface area contributed by atoms with Crippen molar-refractivity contribution in [2.75, 3.05) is 7.05 Å². The second-order valence-electron chi connectivity index (χ2n) is 8.41. The Morgan fingerprint density at radius 2 is 2.06 bits per heavy atom. The molecule has 0 bridgehead atoms. The monoisotopic (exact) mass is 506 g/mol. The van der Waals surface area contributed by atoms with Crippen molar-refractivity contribution in [2.45, 2.75) is 25.4 Å². The number of allylic oxidation sites excluding steroid dienone is 1. The van der Waals surface area contributed by atoms with Crippen LogP contribution in [-0.2, 0) is 6.54 Å². The Labute approximate surface area is 211 Å². The van der Waals surface area contributed by atoms with Crippen LogP contribution in [-0.4, -0.2) is 21.9 Å². The molecular weight excluding hydrogens is 487 g/mol.